The molecule has 5 heteroatoms. The molecule has 0 saturated heterocycles. The van der Waals surface area contributed by atoms with E-state index in [-0.39, 0.29) is 0 Å². The van der Waals surface area contributed by atoms with Gasteiger partial charge in [-0.3, -0.25) is 0 Å². The van der Waals surface area contributed by atoms with Crippen molar-refractivity contribution in [1.82, 2.24) is 0 Å². The Morgan fingerprint density at radius 1 is 0.400 bits per heavy atom. The normalized spacial score (nSPS) is 6.00. The van der Waals surface area contributed by atoms with Gasteiger partial charge in [0.25, 0.3) is 0 Å². The van der Waals surface area contributed by atoms with Gasteiger partial charge >= 0.3 is 172 Å². The van der Waals surface area contributed by atoms with Crippen molar-refractivity contribution >= 4 is 115 Å². The minimum atomic E-state index is 1.30. The van der Waals surface area contributed by atoms with Gasteiger partial charge in [0.15, 0.2) is 0 Å². The van der Waals surface area contributed by atoms with E-state index in [9.17, 15) is 0 Å². The molecule has 0 aliphatic rings. The minimum absolute atomic E-state index is 1.30. The van der Waals surface area contributed by atoms with Crippen LogP contribution in [0.25, 0.3) is 0 Å². The SMILES string of the molecule is C[CH2][Sb].C[CH2][Sb].C[CH2][Sb].C[CH2][Sb].C[CH2][Sb]. The van der Waals surface area contributed by atoms with Crippen molar-refractivity contribution in [3.05, 3.63) is 0 Å². The molecule has 0 aromatic carbocycles. The summed E-state index contributed by atoms with van der Waals surface area (Å²) < 4.78 is 6.50. The molecule has 0 aliphatic heterocycles. The average molecular weight is 754 g/mol. The van der Waals surface area contributed by atoms with Crippen LogP contribution in [0.5, 0.6) is 0 Å². The first-order valence-corrected chi connectivity index (χ1v) is 14.1. The van der Waals surface area contributed by atoms with Crippen LogP contribution in [0.4, 0.5) is 0 Å². The summed E-state index contributed by atoms with van der Waals surface area (Å²) in [7, 11) is 0. The monoisotopic (exact) mass is 750 g/mol. The predicted octanol–water partition coefficient (Wildman–Crippen LogP) is 2.97. The summed E-state index contributed by atoms with van der Waals surface area (Å²) in [5.74, 6) is 0. The van der Waals surface area contributed by atoms with Gasteiger partial charge < -0.3 is 0 Å². The molecule has 10 radical (unpaired) electrons. The van der Waals surface area contributed by atoms with Crippen LogP contribution in [0.15, 0.2) is 0 Å². The number of rotatable bonds is 0. The quantitative estimate of drug-likeness (QED) is 0.335. The molecule has 0 aliphatic carbocycles. The van der Waals surface area contributed by atoms with Crippen molar-refractivity contribution in [3.8, 4) is 0 Å². The van der Waals surface area contributed by atoms with Gasteiger partial charge in [0.1, 0.15) is 0 Å². The molecule has 0 spiro atoms. The molecule has 0 fully saturated rings. The standard InChI is InChI=1S/5C2H5.5Sb/c5*1-2;;;;;/h5*1H2,2H3;;;;;. The summed E-state index contributed by atoms with van der Waals surface area (Å²) in [5, 5.41) is 0. The van der Waals surface area contributed by atoms with E-state index in [0.717, 1.165) is 0 Å². The molecule has 0 heterocycles. The van der Waals surface area contributed by atoms with E-state index in [1.807, 2.05) is 115 Å². The van der Waals surface area contributed by atoms with E-state index >= 15 is 0 Å². The molecule has 0 saturated carbocycles. The van der Waals surface area contributed by atoms with Gasteiger partial charge in [-0.1, -0.05) is 0 Å². The molecule has 0 aromatic heterocycles. The first-order valence-electron chi connectivity index (χ1n) is 5.12. The van der Waals surface area contributed by atoms with E-state index in [1.165, 1.54) is 21.8 Å². The second-order valence-corrected chi connectivity index (χ2v) is 10.6. The van der Waals surface area contributed by atoms with Crippen molar-refractivity contribution in [1.29, 1.82) is 0 Å². The number of hydrogen-bond acceptors (Lipinski definition) is 0. The van der Waals surface area contributed by atoms with Gasteiger partial charge in [0, 0.05) is 0 Å². The van der Waals surface area contributed by atoms with Crippen molar-refractivity contribution in [3.63, 3.8) is 0 Å². The third kappa shape index (κ3) is 280. The Bertz CT molecular complexity index is 25.4. The Hall–Kier alpha value is 4.09. The summed E-state index contributed by atoms with van der Waals surface area (Å²) in [6.07, 6.45) is 0. The molecule has 0 rings (SSSR count). The van der Waals surface area contributed by atoms with Gasteiger partial charge in [-0.05, 0) is 0 Å². The van der Waals surface area contributed by atoms with Gasteiger partial charge in [-0.2, -0.15) is 0 Å². The first-order chi connectivity index (χ1) is 7.07. The Labute approximate surface area is 168 Å². The fourth-order valence-corrected chi connectivity index (χ4v) is 0. The number of hydrogen-bond donors (Lipinski definition) is 0. The maximum absolute atomic E-state index is 2.15. The molecule has 0 nitrogen and oxygen atoms in total. The summed E-state index contributed by atoms with van der Waals surface area (Å²) in [5.41, 5.74) is 0. The van der Waals surface area contributed by atoms with Crippen molar-refractivity contribution in [2.24, 2.45) is 0 Å². The third-order valence-electron chi connectivity index (χ3n) is 0. The van der Waals surface area contributed by atoms with Gasteiger partial charge in [0.2, 0.25) is 0 Å². The topological polar surface area (TPSA) is 0 Å². The Kier molecular flexibility index (Phi) is 134. The van der Waals surface area contributed by atoms with Crippen molar-refractivity contribution in [2.45, 2.75) is 56.5 Å². The third-order valence-corrected chi connectivity index (χ3v) is 0. The molecule has 0 atom stereocenters. The van der Waals surface area contributed by atoms with E-state index < -0.39 is 0 Å². The molecule has 0 unspecified atom stereocenters. The molecule has 0 N–H and O–H groups in total. The van der Waals surface area contributed by atoms with Crippen LogP contribution >= 0.6 is 0 Å². The first kappa shape index (κ1) is 31.5. The van der Waals surface area contributed by atoms with Crippen molar-refractivity contribution < 1.29 is 0 Å². The molecular weight excluding hydrogens is 729 g/mol. The van der Waals surface area contributed by atoms with E-state index in [2.05, 4.69) is 34.6 Å². The molecule has 0 amide bonds. The second kappa shape index (κ2) is 63.9. The Morgan fingerprint density at radius 2 is 0.400 bits per heavy atom. The molecular formula is C10H25Sb5. The predicted molar refractivity (Wildman–Crippen MR) is 81.2 cm³/mol. The van der Waals surface area contributed by atoms with Gasteiger partial charge in [-0.15, -0.1) is 0 Å². The summed E-state index contributed by atoms with van der Waals surface area (Å²) in [6.45, 7) is 10.7. The maximum atomic E-state index is 2.15. The molecule has 90 valence electrons. The van der Waals surface area contributed by atoms with E-state index in [4.69, 9.17) is 0 Å². The summed E-state index contributed by atoms with van der Waals surface area (Å²) in [6, 6.07) is 0. The Morgan fingerprint density at radius 3 is 0.400 bits per heavy atom. The molecule has 0 aromatic rings. The van der Waals surface area contributed by atoms with E-state index in [1.54, 1.807) is 0 Å². The summed E-state index contributed by atoms with van der Waals surface area (Å²) in [4.78, 5) is 0. The average Bonchev–Trinajstić information content (AvgIpc) is 2.09. The van der Waals surface area contributed by atoms with Crippen LogP contribution in [0.2, 0.25) is 21.8 Å². The zero-order chi connectivity index (χ0) is 13.5. The fraction of sp³-hybridized carbons (Fsp3) is 1.00. The zero-order valence-electron chi connectivity index (χ0n) is 10.8. The van der Waals surface area contributed by atoms with Gasteiger partial charge in [-0.25, -0.2) is 0 Å². The van der Waals surface area contributed by atoms with E-state index in [0.29, 0.717) is 0 Å². The second-order valence-electron chi connectivity index (χ2n) is 1.58. The summed E-state index contributed by atoms with van der Waals surface area (Å²) >= 11 is 9.26. The Balaban J connectivity index is -0.0000000278. The molecule has 0 bridgehead atoms. The van der Waals surface area contributed by atoms with Gasteiger partial charge in [0.05, 0.1) is 0 Å². The van der Waals surface area contributed by atoms with Crippen LogP contribution in [0.3, 0.4) is 0 Å². The van der Waals surface area contributed by atoms with Crippen LogP contribution in [-0.4, -0.2) is 115 Å². The van der Waals surface area contributed by atoms with Crippen LogP contribution in [0.1, 0.15) is 34.6 Å². The van der Waals surface area contributed by atoms with Crippen LogP contribution < -0.4 is 0 Å². The molecule has 15 heavy (non-hydrogen) atoms. The fourth-order valence-electron chi connectivity index (χ4n) is 0. The van der Waals surface area contributed by atoms with Crippen LogP contribution in [-0.2, 0) is 0 Å². The van der Waals surface area contributed by atoms with Crippen molar-refractivity contribution in [2.75, 3.05) is 0 Å². The zero-order valence-corrected chi connectivity index (χ0v) is 23.5. The van der Waals surface area contributed by atoms with Crippen LogP contribution in [0, 0.1) is 0 Å².